The van der Waals surface area contributed by atoms with E-state index in [1.165, 1.54) is 43.2 Å². The lowest BCUT2D eigenvalue weighted by Crippen LogP contribution is -1.96. The van der Waals surface area contributed by atoms with Crippen molar-refractivity contribution in [2.24, 2.45) is 0 Å². The minimum absolute atomic E-state index is 1.32. The minimum Gasteiger partial charge on any atom is -0.0667 e. The van der Waals surface area contributed by atoms with E-state index in [4.69, 9.17) is 0 Å². The van der Waals surface area contributed by atoms with Crippen molar-refractivity contribution in [1.29, 1.82) is 0 Å². The lowest BCUT2D eigenvalue weighted by atomic mass is 9.89. The molecule has 2 rings (SSSR count). The molecule has 0 heterocycles. The zero-order valence-electron chi connectivity index (χ0n) is 8.92. The van der Waals surface area contributed by atoms with Gasteiger partial charge in [0, 0.05) is 0 Å². The third kappa shape index (κ3) is 2.06. The van der Waals surface area contributed by atoms with Crippen LogP contribution in [0, 0.1) is 0 Å². The fourth-order valence-corrected chi connectivity index (χ4v) is 2.25. The molecule has 14 heavy (non-hydrogen) atoms. The molecule has 0 saturated heterocycles. The Bertz CT molecular complexity index is 311. The molecule has 0 radical (unpaired) electrons. The average molecular weight is 186 g/mol. The summed E-state index contributed by atoms with van der Waals surface area (Å²) in [6, 6.07) is 10.8. The summed E-state index contributed by atoms with van der Waals surface area (Å²) >= 11 is 0. The van der Waals surface area contributed by atoms with Crippen molar-refractivity contribution < 1.29 is 0 Å². The highest BCUT2D eigenvalue weighted by atomic mass is 14.1. The molecule has 0 unspecified atom stereocenters. The SMILES string of the molecule is CC(=C1CCCCC1)c1ccccc1. The van der Waals surface area contributed by atoms with Gasteiger partial charge < -0.3 is 0 Å². The van der Waals surface area contributed by atoms with Crippen LogP contribution in [-0.4, -0.2) is 0 Å². The summed E-state index contributed by atoms with van der Waals surface area (Å²) in [7, 11) is 0. The molecule has 1 aromatic carbocycles. The first kappa shape index (κ1) is 9.51. The van der Waals surface area contributed by atoms with Crippen molar-refractivity contribution in [1.82, 2.24) is 0 Å². The molecule has 0 atom stereocenters. The largest absolute Gasteiger partial charge is 0.0667 e. The molecule has 0 amide bonds. The first-order valence-corrected chi connectivity index (χ1v) is 5.62. The van der Waals surface area contributed by atoms with Crippen LogP contribution in [0.1, 0.15) is 44.6 Å². The van der Waals surface area contributed by atoms with Gasteiger partial charge in [-0.1, -0.05) is 42.3 Å². The Kier molecular flexibility index (Phi) is 3.03. The second kappa shape index (κ2) is 4.45. The van der Waals surface area contributed by atoms with Crippen molar-refractivity contribution in [3.8, 4) is 0 Å². The van der Waals surface area contributed by atoms with Gasteiger partial charge in [-0.05, 0) is 43.7 Å². The van der Waals surface area contributed by atoms with E-state index in [-0.39, 0.29) is 0 Å². The number of hydrogen-bond acceptors (Lipinski definition) is 0. The minimum atomic E-state index is 1.32. The van der Waals surface area contributed by atoms with E-state index in [0.29, 0.717) is 0 Å². The lowest BCUT2D eigenvalue weighted by molar-refractivity contribution is 0.600. The fourth-order valence-electron chi connectivity index (χ4n) is 2.25. The Labute approximate surface area is 86.7 Å². The summed E-state index contributed by atoms with van der Waals surface area (Å²) in [4.78, 5) is 0. The van der Waals surface area contributed by atoms with E-state index in [9.17, 15) is 0 Å². The van der Waals surface area contributed by atoms with Crippen LogP contribution < -0.4 is 0 Å². The highest BCUT2D eigenvalue weighted by molar-refractivity contribution is 5.66. The van der Waals surface area contributed by atoms with E-state index in [1.807, 2.05) is 0 Å². The maximum atomic E-state index is 2.27. The topological polar surface area (TPSA) is 0 Å². The standard InChI is InChI=1S/C14H18/c1-12(13-8-4-2-5-9-13)14-10-6-3-7-11-14/h2,4-5,8-9H,3,6-7,10-11H2,1H3. The van der Waals surface area contributed by atoms with Crippen molar-refractivity contribution in [3.63, 3.8) is 0 Å². The summed E-state index contributed by atoms with van der Waals surface area (Å²) in [6.07, 6.45) is 6.84. The molecule has 0 aliphatic heterocycles. The first-order chi connectivity index (χ1) is 6.88. The number of hydrogen-bond donors (Lipinski definition) is 0. The number of allylic oxidation sites excluding steroid dienone is 2. The normalized spacial score (nSPS) is 16.8. The van der Waals surface area contributed by atoms with E-state index in [1.54, 1.807) is 5.57 Å². The maximum absolute atomic E-state index is 2.27. The molecule has 0 spiro atoms. The second-order valence-electron chi connectivity index (χ2n) is 4.16. The van der Waals surface area contributed by atoms with Gasteiger partial charge in [0.25, 0.3) is 0 Å². The Morgan fingerprint density at radius 1 is 0.929 bits per heavy atom. The van der Waals surface area contributed by atoms with Crippen molar-refractivity contribution in [2.45, 2.75) is 39.0 Å². The molecule has 0 nitrogen and oxygen atoms in total. The molecule has 1 aliphatic carbocycles. The number of rotatable bonds is 1. The van der Waals surface area contributed by atoms with Crippen LogP contribution in [0.25, 0.3) is 5.57 Å². The summed E-state index contributed by atoms with van der Waals surface area (Å²) in [6.45, 7) is 2.27. The van der Waals surface area contributed by atoms with E-state index >= 15 is 0 Å². The predicted octanol–water partition coefficient (Wildman–Crippen LogP) is 4.42. The van der Waals surface area contributed by atoms with Gasteiger partial charge >= 0.3 is 0 Å². The Hall–Kier alpha value is -1.04. The van der Waals surface area contributed by atoms with Crippen LogP contribution in [-0.2, 0) is 0 Å². The van der Waals surface area contributed by atoms with Gasteiger partial charge in [0.15, 0.2) is 0 Å². The van der Waals surface area contributed by atoms with Gasteiger partial charge in [0.2, 0.25) is 0 Å². The summed E-state index contributed by atoms with van der Waals surface area (Å²) in [5.41, 5.74) is 4.61. The fraction of sp³-hybridized carbons (Fsp3) is 0.429. The second-order valence-corrected chi connectivity index (χ2v) is 4.16. The summed E-state index contributed by atoms with van der Waals surface area (Å²) in [5.74, 6) is 0. The molecule has 0 aromatic heterocycles. The van der Waals surface area contributed by atoms with E-state index in [2.05, 4.69) is 37.3 Å². The molecule has 1 aliphatic rings. The highest BCUT2D eigenvalue weighted by Crippen LogP contribution is 2.29. The molecular weight excluding hydrogens is 168 g/mol. The molecule has 1 aromatic rings. The summed E-state index contributed by atoms with van der Waals surface area (Å²) < 4.78 is 0. The van der Waals surface area contributed by atoms with Gasteiger partial charge in [0.1, 0.15) is 0 Å². The maximum Gasteiger partial charge on any atom is -0.0228 e. The third-order valence-corrected chi connectivity index (χ3v) is 3.19. The lowest BCUT2D eigenvalue weighted by Gasteiger charge is -2.17. The van der Waals surface area contributed by atoms with Crippen molar-refractivity contribution >= 4 is 5.57 Å². The zero-order valence-corrected chi connectivity index (χ0v) is 8.92. The predicted molar refractivity (Wildman–Crippen MR) is 62.1 cm³/mol. The first-order valence-electron chi connectivity index (χ1n) is 5.62. The molecule has 1 saturated carbocycles. The highest BCUT2D eigenvalue weighted by Gasteiger charge is 2.08. The van der Waals surface area contributed by atoms with Crippen LogP contribution in [0.3, 0.4) is 0 Å². The molecule has 0 N–H and O–H groups in total. The van der Waals surface area contributed by atoms with Crippen LogP contribution >= 0.6 is 0 Å². The van der Waals surface area contributed by atoms with Crippen molar-refractivity contribution in [2.75, 3.05) is 0 Å². The van der Waals surface area contributed by atoms with Crippen LogP contribution in [0.2, 0.25) is 0 Å². The molecule has 1 fully saturated rings. The van der Waals surface area contributed by atoms with Gasteiger partial charge in [0.05, 0.1) is 0 Å². The molecule has 0 bridgehead atoms. The van der Waals surface area contributed by atoms with Crippen LogP contribution in [0.15, 0.2) is 35.9 Å². The quantitative estimate of drug-likeness (QED) is 0.609. The van der Waals surface area contributed by atoms with Gasteiger partial charge in [-0.15, -0.1) is 0 Å². The van der Waals surface area contributed by atoms with Crippen molar-refractivity contribution in [3.05, 3.63) is 41.5 Å². The van der Waals surface area contributed by atoms with Gasteiger partial charge in [-0.3, -0.25) is 0 Å². The van der Waals surface area contributed by atoms with Crippen LogP contribution in [0.5, 0.6) is 0 Å². The zero-order chi connectivity index (χ0) is 9.80. The smallest absolute Gasteiger partial charge is 0.0228 e. The summed E-state index contributed by atoms with van der Waals surface area (Å²) in [5, 5.41) is 0. The molecule has 0 heteroatoms. The Morgan fingerprint density at radius 3 is 2.21 bits per heavy atom. The third-order valence-electron chi connectivity index (χ3n) is 3.19. The monoisotopic (exact) mass is 186 g/mol. The average Bonchev–Trinajstić information content (AvgIpc) is 2.30. The number of benzene rings is 1. The van der Waals surface area contributed by atoms with Crippen LogP contribution in [0.4, 0.5) is 0 Å². The Morgan fingerprint density at radius 2 is 1.57 bits per heavy atom. The van der Waals surface area contributed by atoms with Gasteiger partial charge in [-0.25, -0.2) is 0 Å². The molecule has 74 valence electrons. The van der Waals surface area contributed by atoms with Gasteiger partial charge in [-0.2, -0.15) is 0 Å². The van der Waals surface area contributed by atoms with E-state index < -0.39 is 0 Å². The Balaban J connectivity index is 2.25. The van der Waals surface area contributed by atoms with E-state index in [0.717, 1.165) is 0 Å². The molecular formula is C14H18.